The van der Waals surface area contributed by atoms with Gasteiger partial charge in [-0.15, -0.1) is 0 Å². The van der Waals surface area contributed by atoms with Gasteiger partial charge in [0.15, 0.2) is 0 Å². The molecule has 1 aliphatic heterocycles. The summed E-state index contributed by atoms with van der Waals surface area (Å²) in [6.07, 6.45) is 1.29. The van der Waals surface area contributed by atoms with Gasteiger partial charge in [0.1, 0.15) is 0 Å². The van der Waals surface area contributed by atoms with Crippen molar-refractivity contribution < 1.29 is 19.4 Å². The number of carboxylic acids is 1. The molecule has 0 spiro atoms. The molecule has 0 saturated carbocycles. The molecule has 1 saturated heterocycles. The molecule has 0 aromatic carbocycles. The van der Waals surface area contributed by atoms with Gasteiger partial charge in [-0.05, 0) is 6.07 Å². The van der Waals surface area contributed by atoms with Crippen LogP contribution in [0.15, 0.2) is 29.2 Å². The Morgan fingerprint density at radius 2 is 2.19 bits per heavy atom. The molecule has 1 atom stereocenters. The third kappa shape index (κ3) is 4.42. The fraction of sp³-hybridized carbons (Fsp3) is 0.500. The molecule has 0 bridgehead atoms. The quantitative estimate of drug-likeness (QED) is 0.822. The third-order valence-electron chi connectivity index (χ3n) is 3.36. The van der Waals surface area contributed by atoms with Crippen molar-refractivity contribution in [3.63, 3.8) is 0 Å². The van der Waals surface area contributed by atoms with E-state index in [1.165, 1.54) is 10.6 Å². The molecule has 2 heterocycles. The number of hydrogen-bond acceptors (Lipinski definition) is 4. The smallest absolute Gasteiger partial charge is 0.306 e. The summed E-state index contributed by atoms with van der Waals surface area (Å²) in [7, 11) is 0. The number of carbonyl (C=O) groups excluding carboxylic acids is 1. The number of hydrogen-bond donors (Lipinski definition) is 1. The molecular weight excluding hydrogens is 276 g/mol. The second-order valence-electron chi connectivity index (χ2n) is 4.91. The minimum absolute atomic E-state index is 0.0931. The Bertz CT molecular complexity index is 568. The van der Waals surface area contributed by atoms with Gasteiger partial charge in [0.05, 0.1) is 19.1 Å². The number of aliphatic carboxylic acids is 1. The van der Waals surface area contributed by atoms with Crippen molar-refractivity contribution in [3.8, 4) is 0 Å². The van der Waals surface area contributed by atoms with Gasteiger partial charge in [-0.25, -0.2) is 0 Å². The molecule has 2 rings (SSSR count). The van der Waals surface area contributed by atoms with Crippen molar-refractivity contribution in [2.75, 3.05) is 19.7 Å². The van der Waals surface area contributed by atoms with E-state index in [9.17, 15) is 14.4 Å². The molecule has 1 aliphatic rings. The number of pyridine rings is 1. The van der Waals surface area contributed by atoms with E-state index in [4.69, 9.17) is 9.84 Å². The van der Waals surface area contributed by atoms with Crippen molar-refractivity contribution in [1.82, 2.24) is 9.47 Å². The van der Waals surface area contributed by atoms with Crippen LogP contribution in [0.25, 0.3) is 0 Å². The maximum Gasteiger partial charge on any atom is 0.306 e. The highest BCUT2D eigenvalue weighted by Gasteiger charge is 2.25. The van der Waals surface area contributed by atoms with Gasteiger partial charge in [0.25, 0.3) is 5.56 Å². The van der Waals surface area contributed by atoms with E-state index in [1.807, 2.05) is 0 Å². The zero-order chi connectivity index (χ0) is 15.2. The van der Waals surface area contributed by atoms with Crippen LogP contribution in [0.2, 0.25) is 0 Å². The molecule has 7 heteroatoms. The summed E-state index contributed by atoms with van der Waals surface area (Å²) >= 11 is 0. The lowest BCUT2D eigenvalue weighted by atomic mass is 10.2. The molecule has 0 unspecified atom stereocenters. The third-order valence-corrected chi connectivity index (χ3v) is 3.36. The van der Waals surface area contributed by atoms with Crippen molar-refractivity contribution in [3.05, 3.63) is 34.7 Å². The van der Waals surface area contributed by atoms with Gasteiger partial charge in [0, 0.05) is 38.3 Å². The van der Waals surface area contributed by atoms with E-state index in [2.05, 4.69) is 0 Å². The van der Waals surface area contributed by atoms with Crippen LogP contribution in [0.1, 0.15) is 12.8 Å². The van der Waals surface area contributed by atoms with Crippen LogP contribution in [0.3, 0.4) is 0 Å². The lowest BCUT2D eigenvalue weighted by molar-refractivity contribution is -0.147. The Morgan fingerprint density at radius 1 is 1.38 bits per heavy atom. The molecular formula is C14H18N2O5. The number of aromatic nitrogens is 1. The van der Waals surface area contributed by atoms with E-state index in [-0.39, 0.29) is 30.9 Å². The summed E-state index contributed by atoms with van der Waals surface area (Å²) in [4.78, 5) is 35.9. The van der Waals surface area contributed by atoms with Crippen LogP contribution >= 0.6 is 0 Å². The minimum Gasteiger partial charge on any atom is -0.481 e. The molecule has 114 valence electrons. The molecule has 0 aliphatic carbocycles. The van der Waals surface area contributed by atoms with Crippen LogP contribution in [0, 0.1) is 0 Å². The van der Waals surface area contributed by atoms with Crippen molar-refractivity contribution in [1.29, 1.82) is 0 Å². The maximum absolute atomic E-state index is 12.1. The largest absolute Gasteiger partial charge is 0.481 e. The van der Waals surface area contributed by atoms with Crippen molar-refractivity contribution >= 4 is 11.9 Å². The molecule has 21 heavy (non-hydrogen) atoms. The summed E-state index contributed by atoms with van der Waals surface area (Å²) < 4.78 is 6.80. The SMILES string of the molecule is O=C(O)C[C@H]1CN(C(=O)CCn2ccccc2=O)CCO1. The van der Waals surface area contributed by atoms with Gasteiger partial charge in [-0.3, -0.25) is 14.4 Å². The van der Waals surface area contributed by atoms with Crippen molar-refractivity contribution in [2.24, 2.45) is 0 Å². The van der Waals surface area contributed by atoms with E-state index in [0.29, 0.717) is 19.7 Å². The lowest BCUT2D eigenvalue weighted by Crippen LogP contribution is -2.46. The van der Waals surface area contributed by atoms with Gasteiger partial charge >= 0.3 is 5.97 Å². The number of nitrogens with zero attached hydrogens (tertiary/aromatic N) is 2. The Morgan fingerprint density at radius 3 is 2.90 bits per heavy atom. The molecule has 1 aromatic heterocycles. The average Bonchev–Trinajstić information content (AvgIpc) is 2.45. The van der Waals surface area contributed by atoms with Gasteiger partial charge in [-0.2, -0.15) is 0 Å². The Labute approximate surface area is 121 Å². The zero-order valence-corrected chi connectivity index (χ0v) is 11.6. The number of amides is 1. The standard InChI is InChI=1S/C14H18N2O5/c17-12-3-1-2-5-15(12)6-4-13(18)16-7-8-21-11(10-16)9-14(19)20/h1-3,5,11H,4,6-10H2,(H,19,20)/t11-/m0/s1. The van der Waals surface area contributed by atoms with E-state index >= 15 is 0 Å². The summed E-state index contributed by atoms with van der Waals surface area (Å²) in [5.74, 6) is -1.03. The molecule has 7 nitrogen and oxygen atoms in total. The highest BCUT2D eigenvalue weighted by atomic mass is 16.5. The van der Waals surface area contributed by atoms with Gasteiger partial charge in [0.2, 0.25) is 5.91 Å². The second-order valence-corrected chi connectivity index (χ2v) is 4.91. The summed E-state index contributed by atoms with van der Waals surface area (Å²) in [5.41, 5.74) is -0.143. The first-order chi connectivity index (χ1) is 10.1. The summed E-state index contributed by atoms with van der Waals surface area (Å²) in [6, 6.07) is 4.84. The number of carboxylic acid groups (broad SMARTS) is 1. The number of morpholine rings is 1. The molecule has 0 radical (unpaired) electrons. The monoisotopic (exact) mass is 294 g/mol. The van der Waals surface area contributed by atoms with Crippen LogP contribution in [-0.2, 0) is 20.9 Å². The first-order valence-corrected chi connectivity index (χ1v) is 6.83. The topological polar surface area (TPSA) is 88.8 Å². The lowest BCUT2D eigenvalue weighted by Gasteiger charge is -2.32. The fourth-order valence-corrected chi connectivity index (χ4v) is 2.28. The Kier molecular flexibility index (Phi) is 5.10. The summed E-state index contributed by atoms with van der Waals surface area (Å²) in [5, 5.41) is 8.75. The molecule has 1 N–H and O–H groups in total. The second kappa shape index (κ2) is 7.03. The Balaban J connectivity index is 1.87. The van der Waals surface area contributed by atoms with Gasteiger partial charge < -0.3 is 19.3 Å². The van der Waals surface area contributed by atoms with Gasteiger partial charge in [-0.1, -0.05) is 6.07 Å². The minimum atomic E-state index is -0.940. The molecule has 1 fully saturated rings. The van der Waals surface area contributed by atoms with E-state index in [1.54, 1.807) is 23.2 Å². The predicted molar refractivity (Wildman–Crippen MR) is 73.9 cm³/mol. The fourth-order valence-electron chi connectivity index (χ4n) is 2.28. The highest BCUT2D eigenvalue weighted by molar-refractivity contribution is 5.76. The highest BCUT2D eigenvalue weighted by Crippen LogP contribution is 2.10. The zero-order valence-electron chi connectivity index (χ0n) is 11.6. The number of rotatable bonds is 5. The van der Waals surface area contributed by atoms with Crippen LogP contribution in [0.5, 0.6) is 0 Å². The Hall–Kier alpha value is -2.15. The van der Waals surface area contributed by atoms with Crippen LogP contribution < -0.4 is 5.56 Å². The van der Waals surface area contributed by atoms with E-state index in [0.717, 1.165) is 0 Å². The first-order valence-electron chi connectivity index (χ1n) is 6.83. The van der Waals surface area contributed by atoms with Crippen LogP contribution in [-0.4, -0.2) is 52.3 Å². The summed E-state index contributed by atoms with van der Waals surface area (Å²) in [6.45, 7) is 1.40. The van der Waals surface area contributed by atoms with Crippen LogP contribution in [0.4, 0.5) is 0 Å². The average molecular weight is 294 g/mol. The maximum atomic E-state index is 12.1. The normalized spacial score (nSPS) is 18.5. The number of ether oxygens (including phenoxy) is 1. The number of carbonyl (C=O) groups is 2. The molecule has 1 aromatic rings. The first kappa shape index (κ1) is 15.2. The van der Waals surface area contributed by atoms with E-state index < -0.39 is 12.1 Å². The van der Waals surface area contributed by atoms with Crippen molar-refractivity contribution in [2.45, 2.75) is 25.5 Å². The number of aryl methyl sites for hydroxylation is 1. The molecule has 1 amide bonds. The predicted octanol–water partition coefficient (Wildman–Crippen LogP) is -0.0595.